The Balaban J connectivity index is 1.41. The Hall–Kier alpha value is -2.59. The molecule has 4 nitrogen and oxygen atoms in total. The summed E-state index contributed by atoms with van der Waals surface area (Å²) in [5, 5.41) is 0. The van der Waals surface area contributed by atoms with E-state index in [2.05, 4.69) is 40.2 Å². The number of rotatable bonds is 8. The first-order valence-corrected chi connectivity index (χ1v) is 9.74. The maximum Gasteiger partial charge on any atom is 0.119 e. The van der Waals surface area contributed by atoms with E-state index < -0.39 is 0 Å². The molecule has 0 saturated heterocycles. The molecule has 0 spiro atoms. The van der Waals surface area contributed by atoms with Gasteiger partial charge < -0.3 is 9.15 Å². The Morgan fingerprint density at radius 1 is 0.926 bits per heavy atom. The van der Waals surface area contributed by atoms with Crippen LogP contribution in [0.25, 0.3) is 0 Å². The number of benzene rings is 1. The lowest BCUT2D eigenvalue weighted by Crippen LogP contribution is -2.22. The van der Waals surface area contributed by atoms with Crippen molar-refractivity contribution >= 4 is 0 Å². The van der Waals surface area contributed by atoms with Crippen LogP contribution in [0.2, 0.25) is 0 Å². The van der Waals surface area contributed by atoms with Crippen LogP contribution in [0.15, 0.2) is 71.6 Å². The average Bonchev–Trinajstić information content (AvgIpc) is 3.38. The zero-order chi connectivity index (χ0) is 18.3. The third-order valence-electron chi connectivity index (χ3n) is 5.02. The number of hydrogen-bond donors (Lipinski definition) is 0. The van der Waals surface area contributed by atoms with Gasteiger partial charge in [-0.3, -0.25) is 9.88 Å². The normalized spacial score (nSPS) is 14.7. The Bertz CT molecular complexity index is 794. The molecule has 0 bridgehead atoms. The lowest BCUT2D eigenvalue weighted by atomic mass is 10.1. The van der Waals surface area contributed by atoms with E-state index >= 15 is 0 Å². The van der Waals surface area contributed by atoms with Gasteiger partial charge in [-0.1, -0.05) is 18.2 Å². The van der Waals surface area contributed by atoms with Crippen LogP contribution < -0.4 is 4.74 Å². The second kappa shape index (κ2) is 8.87. The van der Waals surface area contributed by atoms with Crippen molar-refractivity contribution < 1.29 is 9.15 Å². The minimum Gasteiger partial charge on any atom is -0.490 e. The second-order valence-electron chi connectivity index (χ2n) is 7.25. The molecule has 1 fully saturated rings. The molecule has 4 rings (SSSR count). The van der Waals surface area contributed by atoms with Crippen LogP contribution in [0.3, 0.4) is 0 Å². The van der Waals surface area contributed by atoms with Gasteiger partial charge in [0.25, 0.3) is 0 Å². The molecular weight excluding hydrogens is 336 g/mol. The first-order chi connectivity index (χ1) is 13.3. The molecule has 0 unspecified atom stereocenters. The van der Waals surface area contributed by atoms with Gasteiger partial charge in [0.2, 0.25) is 0 Å². The van der Waals surface area contributed by atoms with Crippen molar-refractivity contribution in [1.82, 2.24) is 9.88 Å². The molecule has 1 aromatic carbocycles. The molecule has 2 heterocycles. The Morgan fingerprint density at radius 2 is 1.74 bits per heavy atom. The number of nitrogens with zero attached hydrogens (tertiary/aromatic N) is 2. The Kier molecular flexibility index (Phi) is 5.85. The van der Waals surface area contributed by atoms with Gasteiger partial charge in [-0.25, -0.2) is 0 Å². The quantitative estimate of drug-likeness (QED) is 0.552. The summed E-state index contributed by atoms with van der Waals surface area (Å²) in [4.78, 5) is 6.60. The molecule has 27 heavy (non-hydrogen) atoms. The first-order valence-electron chi connectivity index (χ1n) is 9.74. The summed E-state index contributed by atoms with van der Waals surface area (Å²) in [5.41, 5.74) is 2.47. The minimum atomic E-state index is 0.400. The zero-order valence-electron chi connectivity index (χ0n) is 15.6. The molecule has 1 aliphatic carbocycles. The number of ether oxygens (including phenoxy) is 1. The third kappa shape index (κ3) is 5.20. The van der Waals surface area contributed by atoms with E-state index in [4.69, 9.17) is 9.15 Å². The molecule has 1 saturated carbocycles. The van der Waals surface area contributed by atoms with Crippen LogP contribution in [-0.4, -0.2) is 16.0 Å². The second-order valence-corrected chi connectivity index (χ2v) is 7.25. The van der Waals surface area contributed by atoms with Crippen LogP contribution in [0.5, 0.6) is 5.75 Å². The predicted octanol–water partition coefficient (Wildman–Crippen LogP) is 5.20. The maximum atomic E-state index is 6.08. The summed E-state index contributed by atoms with van der Waals surface area (Å²) in [6.45, 7) is 2.44. The van der Waals surface area contributed by atoms with E-state index in [0.717, 1.165) is 31.1 Å². The summed E-state index contributed by atoms with van der Waals surface area (Å²) < 4.78 is 11.6. The van der Waals surface area contributed by atoms with E-state index in [1.165, 1.54) is 36.8 Å². The summed E-state index contributed by atoms with van der Waals surface area (Å²) in [6, 6.07) is 16.6. The molecule has 0 amide bonds. The van der Waals surface area contributed by atoms with Crippen molar-refractivity contribution in [3.63, 3.8) is 0 Å². The molecule has 2 aromatic heterocycles. The standard InChI is InChI=1S/C23H26N2O2/c1-2-7-21(6-1)27-22-11-9-19(10-12-22)16-25(18-23-8-4-14-26-23)17-20-5-3-13-24-15-20/h3-5,8-15,21H,1-2,6-7,16-18H2. The Labute approximate surface area is 160 Å². The molecule has 0 N–H and O–H groups in total. The third-order valence-corrected chi connectivity index (χ3v) is 5.02. The molecule has 140 valence electrons. The fraction of sp³-hybridized carbons (Fsp3) is 0.348. The molecule has 0 radical (unpaired) electrons. The van der Waals surface area contributed by atoms with Crippen LogP contribution in [0.1, 0.15) is 42.6 Å². The minimum absolute atomic E-state index is 0.400. The first kappa shape index (κ1) is 17.8. The maximum absolute atomic E-state index is 6.08. The summed E-state index contributed by atoms with van der Waals surface area (Å²) in [6.07, 6.45) is 10.8. The van der Waals surface area contributed by atoms with Gasteiger partial charge in [-0.2, -0.15) is 0 Å². The highest BCUT2D eigenvalue weighted by Crippen LogP contribution is 2.24. The molecule has 0 aliphatic heterocycles. The van der Waals surface area contributed by atoms with E-state index in [-0.39, 0.29) is 0 Å². The monoisotopic (exact) mass is 362 g/mol. The van der Waals surface area contributed by atoms with Crippen LogP contribution in [0, 0.1) is 0 Å². The fourth-order valence-electron chi connectivity index (χ4n) is 3.67. The van der Waals surface area contributed by atoms with Gasteiger partial charge in [-0.15, -0.1) is 0 Å². The van der Waals surface area contributed by atoms with E-state index in [1.807, 2.05) is 30.6 Å². The van der Waals surface area contributed by atoms with Crippen molar-refractivity contribution in [2.75, 3.05) is 0 Å². The van der Waals surface area contributed by atoms with Crippen molar-refractivity contribution in [3.05, 3.63) is 84.1 Å². The van der Waals surface area contributed by atoms with Crippen molar-refractivity contribution in [3.8, 4) is 5.75 Å². The summed E-state index contributed by atoms with van der Waals surface area (Å²) >= 11 is 0. The average molecular weight is 362 g/mol. The summed E-state index contributed by atoms with van der Waals surface area (Å²) in [5.74, 6) is 1.95. The SMILES string of the molecule is c1cncc(CN(Cc2ccc(OC3CCCC3)cc2)Cc2ccco2)c1. The van der Waals surface area contributed by atoms with Crippen molar-refractivity contribution in [2.24, 2.45) is 0 Å². The number of furan rings is 1. The van der Waals surface area contributed by atoms with Crippen LogP contribution >= 0.6 is 0 Å². The topological polar surface area (TPSA) is 38.5 Å². The van der Waals surface area contributed by atoms with Crippen LogP contribution in [0.4, 0.5) is 0 Å². The molecule has 0 atom stereocenters. The molecule has 3 aromatic rings. The number of aromatic nitrogens is 1. The van der Waals surface area contributed by atoms with Crippen molar-refractivity contribution in [2.45, 2.75) is 51.4 Å². The van der Waals surface area contributed by atoms with Gasteiger partial charge in [0.15, 0.2) is 0 Å². The largest absolute Gasteiger partial charge is 0.490 e. The zero-order valence-corrected chi connectivity index (χ0v) is 15.6. The highest BCUT2D eigenvalue weighted by molar-refractivity contribution is 5.27. The Morgan fingerprint density at radius 3 is 2.44 bits per heavy atom. The van der Waals surface area contributed by atoms with Gasteiger partial charge in [0.05, 0.1) is 18.9 Å². The summed E-state index contributed by atoms with van der Waals surface area (Å²) in [7, 11) is 0. The smallest absolute Gasteiger partial charge is 0.119 e. The predicted molar refractivity (Wildman–Crippen MR) is 105 cm³/mol. The molecule has 1 aliphatic rings. The number of hydrogen-bond acceptors (Lipinski definition) is 4. The van der Waals surface area contributed by atoms with Gasteiger partial charge in [-0.05, 0) is 67.1 Å². The highest BCUT2D eigenvalue weighted by Gasteiger charge is 2.16. The van der Waals surface area contributed by atoms with E-state index in [9.17, 15) is 0 Å². The lowest BCUT2D eigenvalue weighted by Gasteiger charge is -2.22. The molecule has 4 heteroatoms. The van der Waals surface area contributed by atoms with E-state index in [0.29, 0.717) is 6.10 Å². The van der Waals surface area contributed by atoms with Gasteiger partial charge in [0, 0.05) is 25.5 Å². The fourth-order valence-corrected chi connectivity index (χ4v) is 3.67. The number of pyridine rings is 1. The lowest BCUT2D eigenvalue weighted by molar-refractivity contribution is 0.209. The molecular formula is C23H26N2O2. The van der Waals surface area contributed by atoms with E-state index in [1.54, 1.807) is 6.26 Å². The van der Waals surface area contributed by atoms with Crippen LogP contribution in [-0.2, 0) is 19.6 Å². The van der Waals surface area contributed by atoms with Crippen molar-refractivity contribution in [1.29, 1.82) is 0 Å². The van der Waals surface area contributed by atoms with Gasteiger partial charge in [0.1, 0.15) is 11.5 Å². The van der Waals surface area contributed by atoms with Gasteiger partial charge >= 0.3 is 0 Å². The highest BCUT2D eigenvalue weighted by atomic mass is 16.5.